The molecule has 0 aromatic heterocycles. The zero-order chi connectivity index (χ0) is 13.2. The molecule has 0 spiro atoms. The zero-order valence-electron chi connectivity index (χ0n) is 12.2. The largest absolute Gasteiger partial charge is 0.508 e. The van der Waals surface area contributed by atoms with Crippen LogP contribution in [0.15, 0.2) is 24.3 Å². The number of phenols is 1. The molecular formula is C16H26BrNO. The van der Waals surface area contributed by atoms with Crippen LogP contribution in [0.25, 0.3) is 0 Å². The molecule has 19 heavy (non-hydrogen) atoms. The van der Waals surface area contributed by atoms with Gasteiger partial charge in [-0.05, 0) is 50.0 Å². The van der Waals surface area contributed by atoms with Crippen LogP contribution in [-0.4, -0.2) is 30.1 Å². The van der Waals surface area contributed by atoms with Gasteiger partial charge in [0.1, 0.15) is 5.75 Å². The zero-order valence-corrected chi connectivity index (χ0v) is 13.9. The van der Waals surface area contributed by atoms with E-state index in [1.807, 2.05) is 12.1 Å². The van der Waals surface area contributed by atoms with E-state index in [9.17, 15) is 5.11 Å². The summed E-state index contributed by atoms with van der Waals surface area (Å²) in [7, 11) is 2.20. The molecule has 0 bridgehead atoms. The highest BCUT2D eigenvalue weighted by Gasteiger charge is 2.40. The highest BCUT2D eigenvalue weighted by molar-refractivity contribution is 8.93. The van der Waals surface area contributed by atoms with E-state index in [1.54, 1.807) is 6.07 Å². The molecule has 1 fully saturated rings. The van der Waals surface area contributed by atoms with E-state index < -0.39 is 0 Å². The van der Waals surface area contributed by atoms with E-state index in [2.05, 4.69) is 31.9 Å². The first-order valence-corrected chi connectivity index (χ1v) is 7.06. The number of nitrogens with zero attached hydrogens (tertiary/aromatic N) is 1. The molecule has 1 aromatic rings. The number of rotatable bonds is 3. The van der Waals surface area contributed by atoms with Crippen LogP contribution in [0.5, 0.6) is 5.75 Å². The Bertz CT molecular complexity index is 409. The van der Waals surface area contributed by atoms with Crippen LogP contribution in [0.2, 0.25) is 0 Å². The Morgan fingerprint density at radius 3 is 2.74 bits per heavy atom. The summed E-state index contributed by atoms with van der Waals surface area (Å²) in [4.78, 5) is 2.42. The predicted octanol–water partition coefficient (Wildman–Crippen LogP) is 3.98. The second-order valence-electron chi connectivity index (χ2n) is 5.87. The van der Waals surface area contributed by atoms with Crippen molar-refractivity contribution in [3.8, 4) is 5.75 Å². The van der Waals surface area contributed by atoms with Crippen LogP contribution in [0.1, 0.15) is 38.7 Å². The van der Waals surface area contributed by atoms with Gasteiger partial charge < -0.3 is 10.0 Å². The van der Waals surface area contributed by atoms with E-state index in [-0.39, 0.29) is 22.4 Å². The first kappa shape index (κ1) is 16.5. The van der Waals surface area contributed by atoms with Gasteiger partial charge in [-0.2, -0.15) is 0 Å². The van der Waals surface area contributed by atoms with Crippen molar-refractivity contribution in [2.75, 3.05) is 20.1 Å². The summed E-state index contributed by atoms with van der Waals surface area (Å²) in [5.41, 5.74) is 1.57. The van der Waals surface area contributed by atoms with Crippen molar-refractivity contribution in [2.24, 2.45) is 5.92 Å². The summed E-state index contributed by atoms with van der Waals surface area (Å²) in [6.45, 7) is 6.92. The molecule has 1 saturated heterocycles. The molecule has 108 valence electrons. The predicted molar refractivity (Wildman–Crippen MR) is 86.3 cm³/mol. The van der Waals surface area contributed by atoms with Gasteiger partial charge in [0.05, 0.1) is 0 Å². The number of phenolic OH excluding ortho intramolecular Hbond substituents is 1. The van der Waals surface area contributed by atoms with Crippen molar-refractivity contribution in [3.63, 3.8) is 0 Å². The number of benzene rings is 1. The minimum atomic E-state index is 0. The first-order valence-electron chi connectivity index (χ1n) is 7.06. The molecule has 1 aromatic carbocycles. The summed E-state index contributed by atoms with van der Waals surface area (Å²) in [6, 6.07) is 7.91. The van der Waals surface area contributed by atoms with Crippen LogP contribution >= 0.6 is 17.0 Å². The van der Waals surface area contributed by atoms with Crippen molar-refractivity contribution in [1.29, 1.82) is 0 Å². The van der Waals surface area contributed by atoms with Gasteiger partial charge in [-0.25, -0.2) is 0 Å². The highest BCUT2D eigenvalue weighted by atomic mass is 79.9. The smallest absolute Gasteiger partial charge is 0.115 e. The van der Waals surface area contributed by atoms with Gasteiger partial charge in [-0.1, -0.05) is 32.4 Å². The van der Waals surface area contributed by atoms with Crippen molar-refractivity contribution in [2.45, 2.75) is 38.5 Å². The summed E-state index contributed by atoms with van der Waals surface area (Å²) in [5, 5.41) is 9.75. The van der Waals surface area contributed by atoms with Crippen molar-refractivity contribution >= 4 is 17.0 Å². The van der Waals surface area contributed by atoms with E-state index in [4.69, 9.17) is 0 Å². The Kier molecular flexibility index (Phi) is 5.87. The average molecular weight is 328 g/mol. The van der Waals surface area contributed by atoms with E-state index in [0.29, 0.717) is 11.7 Å². The molecular weight excluding hydrogens is 302 g/mol. The third-order valence-corrected chi connectivity index (χ3v) is 4.59. The molecule has 0 amide bonds. The van der Waals surface area contributed by atoms with Gasteiger partial charge >= 0.3 is 0 Å². The third-order valence-electron chi connectivity index (χ3n) is 4.59. The van der Waals surface area contributed by atoms with Gasteiger partial charge in [-0.15, -0.1) is 17.0 Å². The first-order chi connectivity index (χ1) is 8.58. The van der Waals surface area contributed by atoms with Crippen LogP contribution < -0.4 is 0 Å². The molecule has 0 saturated carbocycles. The molecule has 2 nitrogen and oxygen atoms in total. The highest BCUT2D eigenvalue weighted by Crippen LogP contribution is 2.43. The lowest BCUT2D eigenvalue weighted by molar-refractivity contribution is 0.112. The second kappa shape index (κ2) is 6.76. The van der Waals surface area contributed by atoms with Crippen molar-refractivity contribution in [1.82, 2.24) is 4.90 Å². The summed E-state index contributed by atoms with van der Waals surface area (Å²) in [6.07, 6.45) is 3.61. The van der Waals surface area contributed by atoms with E-state index in [1.165, 1.54) is 24.8 Å². The lowest BCUT2D eigenvalue weighted by Gasteiger charge is -2.46. The third kappa shape index (κ3) is 3.32. The fourth-order valence-corrected chi connectivity index (χ4v) is 3.58. The lowest BCUT2D eigenvalue weighted by atomic mass is 9.64. The van der Waals surface area contributed by atoms with Gasteiger partial charge in [-0.3, -0.25) is 0 Å². The molecule has 1 aliphatic rings. The SMILES string of the molecule is Br.CCC[C@@]1(c2cccc(O)c2)CCN(C)C[C@@H]1C. The normalized spacial score (nSPS) is 27.8. The van der Waals surface area contributed by atoms with E-state index in [0.717, 1.165) is 13.1 Å². The van der Waals surface area contributed by atoms with Gasteiger partial charge in [0, 0.05) is 12.0 Å². The fourth-order valence-electron chi connectivity index (χ4n) is 3.58. The van der Waals surface area contributed by atoms with Gasteiger partial charge in [0.15, 0.2) is 0 Å². The Labute approximate surface area is 127 Å². The minimum absolute atomic E-state index is 0. The monoisotopic (exact) mass is 327 g/mol. The Balaban J connectivity index is 0.00000180. The molecule has 0 unspecified atom stereocenters. The summed E-state index contributed by atoms with van der Waals surface area (Å²) >= 11 is 0. The molecule has 0 radical (unpaired) electrons. The van der Waals surface area contributed by atoms with Gasteiger partial charge in [0.25, 0.3) is 0 Å². The van der Waals surface area contributed by atoms with Crippen LogP contribution in [0.3, 0.4) is 0 Å². The van der Waals surface area contributed by atoms with Gasteiger partial charge in [0.2, 0.25) is 0 Å². The molecule has 2 atom stereocenters. The molecule has 0 aliphatic carbocycles. The maximum atomic E-state index is 9.75. The summed E-state index contributed by atoms with van der Waals surface area (Å²) < 4.78 is 0. The average Bonchev–Trinajstić information content (AvgIpc) is 2.33. The maximum Gasteiger partial charge on any atom is 0.115 e. The molecule has 3 heteroatoms. The van der Waals surface area contributed by atoms with Crippen LogP contribution in [0, 0.1) is 5.92 Å². The maximum absolute atomic E-state index is 9.75. The quantitative estimate of drug-likeness (QED) is 0.907. The fraction of sp³-hybridized carbons (Fsp3) is 0.625. The minimum Gasteiger partial charge on any atom is -0.508 e. The second-order valence-corrected chi connectivity index (χ2v) is 5.87. The molecule has 1 heterocycles. The number of hydrogen-bond acceptors (Lipinski definition) is 2. The number of halogens is 1. The molecule has 1 N–H and O–H groups in total. The molecule has 2 rings (SSSR count). The Hall–Kier alpha value is -0.540. The number of likely N-dealkylation sites (tertiary alicyclic amines) is 1. The number of hydrogen-bond donors (Lipinski definition) is 1. The summed E-state index contributed by atoms with van der Waals surface area (Å²) in [5.74, 6) is 1.03. The molecule has 1 aliphatic heterocycles. The Morgan fingerprint density at radius 1 is 1.42 bits per heavy atom. The standard InChI is InChI=1S/C16H25NO.BrH/c1-4-8-16(9-10-17(3)12-13(16)2)14-6-5-7-15(18)11-14;/h5-7,11,13,18H,4,8-10,12H2,1-3H3;1H/t13-,16+;/m0./s1. The van der Waals surface area contributed by atoms with Crippen LogP contribution in [0.4, 0.5) is 0 Å². The van der Waals surface area contributed by atoms with E-state index >= 15 is 0 Å². The number of aromatic hydroxyl groups is 1. The number of piperidine rings is 1. The van der Waals surface area contributed by atoms with Crippen LogP contribution in [-0.2, 0) is 5.41 Å². The van der Waals surface area contributed by atoms with Crippen molar-refractivity contribution < 1.29 is 5.11 Å². The topological polar surface area (TPSA) is 23.5 Å². The Morgan fingerprint density at radius 2 is 2.16 bits per heavy atom. The lowest BCUT2D eigenvalue weighted by Crippen LogP contribution is -2.47. The van der Waals surface area contributed by atoms with Crippen molar-refractivity contribution in [3.05, 3.63) is 29.8 Å².